The van der Waals surface area contributed by atoms with Crippen LogP contribution in [0.2, 0.25) is 0 Å². The average molecular weight is 352 g/mol. The Morgan fingerprint density at radius 3 is 2.65 bits per heavy atom. The second-order valence-electron chi connectivity index (χ2n) is 7.08. The van der Waals surface area contributed by atoms with Gasteiger partial charge in [-0.25, -0.2) is 0 Å². The van der Waals surface area contributed by atoms with Gasteiger partial charge >= 0.3 is 0 Å². The summed E-state index contributed by atoms with van der Waals surface area (Å²) in [5, 5.41) is 12.9. The fraction of sp³-hybridized carbons (Fsp3) is 0.474. The molecule has 3 heterocycles. The number of benzene rings is 1. The Kier molecular flexibility index (Phi) is 4.21. The molecule has 1 aromatic carbocycles. The summed E-state index contributed by atoms with van der Waals surface area (Å²) in [6, 6.07) is 8.84. The maximum Gasteiger partial charge on any atom is 0.253 e. The molecular formula is C19H20N4O3. The van der Waals surface area contributed by atoms with Gasteiger partial charge in [0, 0.05) is 37.3 Å². The van der Waals surface area contributed by atoms with Gasteiger partial charge in [-0.05, 0) is 44.0 Å². The third-order valence-corrected chi connectivity index (χ3v) is 5.53. The monoisotopic (exact) mass is 352 g/mol. The zero-order chi connectivity index (χ0) is 18.1. The first kappa shape index (κ1) is 16.7. The van der Waals surface area contributed by atoms with Gasteiger partial charge in [0.25, 0.3) is 5.91 Å². The standard InChI is InChI=1S/C19H20N4O3/c1-13-21-17(26-22-13)16-11-23(12-19(16)6-8-25-9-7-19)18(24)15-4-2-14(10-20)3-5-15/h2-5,16H,6-9,11-12H2,1H3/t16-/m1/s1. The van der Waals surface area contributed by atoms with Gasteiger partial charge in [0.1, 0.15) is 0 Å². The summed E-state index contributed by atoms with van der Waals surface area (Å²) >= 11 is 0. The van der Waals surface area contributed by atoms with Gasteiger partial charge in [-0.2, -0.15) is 10.2 Å². The number of likely N-dealkylation sites (tertiary alicyclic amines) is 1. The van der Waals surface area contributed by atoms with Gasteiger partial charge in [-0.15, -0.1) is 0 Å². The number of amides is 1. The van der Waals surface area contributed by atoms with Crippen LogP contribution in [-0.4, -0.2) is 47.3 Å². The Labute approximate surface area is 151 Å². The third kappa shape index (κ3) is 2.86. The number of ether oxygens (including phenoxy) is 1. The van der Waals surface area contributed by atoms with Gasteiger partial charge in [-0.1, -0.05) is 5.16 Å². The number of nitrogens with zero attached hydrogens (tertiary/aromatic N) is 4. The SMILES string of the molecule is Cc1noc([C@H]2CN(C(=O)c3ccc(C#N)cc3)CC23CCOCC3)n1. The molecule has 26 heavy (non-hydrogen) atoms. The van der Waals surface area contributed by atoms with E-state index in [-0.39, 0.29) is 17.2 Å². The molecule has 0 radical (unpaired) electrons. The van der Waals surface area contributed by atoms with Crippen molar-refractivity contribution >= 4 is 5.91 Å². The highest BCUT2D eigenvalue weighted by molar-refractivity contribution is 5.94. The van der Waals surface area contributed by atoms with Crippen molar-refractivity contribution in [1.29, 1.82) is 5.26 Å². The van der Waals surface area contributed by atoms with E-state index < -0.39 is 0 Å². The number of rotatable bonds is 2. The first-order chi connectivity index (χ1) is 12.6. The highest BCUT2D eigenvalue weighted by Crippen LogP contribution is 2.49. The lowest BCUT2D eigenvalue weighted by atomic mass is 9.72. The van der Waals surface area contributed by atoms with Crippen LogP contribution in [0.1, 0.15) is 46.4 Å². The average Bonchev–Trinajstić information content (AvgIpc) is 3.26. The summed E-state index contributed by atoms with van der Waals surface area (Å²) in [5.74, 6) is 1.22. The van der Waals surface area contributed by atoms with E-state index in [0.29, 0.717) is 49.1 Å². The van der Waals surface area contributed by atoms with Gasteiger partial charge in [0.15, 0.2) is 5.82 Å². The van der Waals surface area contributed by atoms with Crippen molar-refractivity contribution in [1.82, 2.24) is 15.0 Å². The molecule has 2 aliphatic rings. The van der Waals surface area contributed by atoms with Crippen molar-refractivity contribution in [3.8, 4) is 6.07 Å². The molecule has 1 aromatic heterocycles. The number of aromatic nitrogens is 2. The van der Waals surface area contributed by atoms with Gasteiger partial charge < -0.3 is 14.2 Å². The molecule has 0 unspecified atom stereocenters. The lowest BCUT2D eigenvalue weighted by Crippen LogP contribution is -2.37. The maximum atomic E-state index is 13.0. The first-order valence-electron chi connectivity index (χ1n) is 8.79. The van der Waals surface area contributed by atoms with Crippen LogP contribution in [0.3, 0.4) is 0 Å². The van der Waals surface area contributed by atoms with Crippen LogP contribution in [0, 0.1) is 23.7 Å². The fourth-order valence-electron chi connectivity index (χ4n) is 4.07. The molecule has 1 spiro atoms. The number of hydrogen-bond acceptors (Lipinski definition) is 6. The summed E-state index contributed by atoms with van der Waals surface area (Å²) in [7, 11) is 0. The topological polar surface area (TPSA) is 92.2 Å². The van der Waals surface area contributed by atoms with Crippen molar-refractivity contribution in [2.24, 2.45) is 5.41 Å². The molecule has 7 nitrogen and oxygen atoms in total. The summed E-state index contributed by atoms with van der Waals surface area (Å²) in [6.45, 7) is 4.38. The van der Waals surface area contributed by atoms with E-state index in [2.05, 4.69) is 16.2 Å². The Balaban J connectivity index is 1.62. The van der Waals surface area contributed by atoms with Crippen LogP contribution in [0.25, 0.3) is 0 Å². The summed E-state index contributed by atoms with van der Waals surface area (Å²) in [5.41, 5.74) is 1.05. The largest absolute Gasteiger partial charge is 0.381 e. The summed E-state index contributed by atoms with van der Waals surface area (Å²) < 4.78 is 11.0. The minimum atomic E-state index is -0.0839. The smallest absolute Gasteiger partial charge is 0.253 e. The Morgan fingerprint density at radius 1 is 1.31 bits per heavy atom. The molecule has 2 saturated heterocycles. The van der Waals surface area contributed by atoms with E-state index in [4.69, 9.17) is 14.5 Å². The molecular weight excluding hydrogens is 332 g/mol. The number of carbonyl (C=O) groups excluding carboxylic acids is 1. The predicted molar refractivity (Wildman–Crippen MR) is 91.3 cm³/mol. The second kappa shape index (κ2) is 6.54. The van der Waals surface area contributed by atoms with Crippen molar-refractivity contribution in [2.45, 2.75) is 25.7 Å². The molecule has 0 saturated carbocycles. The molecule has 134 valence electrons. The van der Waals surface area contributed by atoms with Gasteiger partial charge in [0.2, 0.25) is 5.89 Å². The lowest BCUT2D eigenvalue weighted by molar-refractivity contribution is 0.00836. The summed E-state index contributed by atoms with van der Waals surface area (Å²) in [6.07, 6.45) is 1.74. The molecule has 2 fully saturated rings. The van der Waals surface area contributed by atoms with Gasteiger partial charge in [0.05, 0.1) is 17.6 Å². The van der Waals surface area contributed by atoms with Crippen LogP contribution < -0.4 is 0 Å². The zero-order valence-corrected chi connectivity index (χ0v) is 14.6. The maximum absolute atomic E-state index is 13.0. The molecule has 0 N–H and O–H groups in total. The van der Waals surface area contributed by atoms with Crippen LogP contribution in [-0.2, 0) is 4.74 Å². The van der Waals surface area contributed by atoms with Crippen LogP contribution in [0.15, 0.2) is 28.8 Å². The molecule has 1 atom stereocenters. The number of aryl methyl sites for hydroxylation is 1. The van der Waals surface area contributed by atoms with Crippen LogP contribution in [0.4, 0.5) is 0 Å². The molecule has 0 aliphatic carbocycles. The molecule has 0 bridgehead atoms. The highest BCUT2D eigenvalue weighted by Gasteiger charge is 2.51. The Bertz CT molecular complexity index is 846. The van der Waals surface area contributed by atoms with Crippen molar-refractivity contribution in [2.75, 3.05) is 26.3 Å². The van der Waals surface area contributed by atoms with Gasteiger partial charge in [-0.3, -0.25) is 4.79 Å². The minimum absolute atomic E-state index is 0.0231. The van der Waals surface area contributed by atoms with Crippen molar-refractivity contribution < 1.29 is 14.1 Å². The molecule has 7 heteroatoms. The molecule has 1 amide bonds. The van der Waals surface area contributed by atoms with E-state index in [0.717, 1.165) is 12.8 Å². The van der Waals surface area contributed by atoms with Crippen LogP contribution >= 0.6 is 0 Å². The number of hydrogen-bond donors (Lipinski definition) is 0. The molecule has 2 aliphatic heterocycles. The fourth-order valence-corrected chi connectivity index (χ4v) is 4.07. The van der Waals surface area contributed by atoms with Crippen LogP contribution in [0.5, 0.6) is 0 Å². The second-order valence-corrected chi connectivity index (χ2v) is 7.08. The third-order valence-electron chi connectivity index (χ3n) is 5.53. The van der Waals surface area contributed by atoms with E-state index in [1.54, 1.807) is 31.2 Å². The zero-order valence-electron chi connectivity index (χ0n) is 14.6. The van der Waals surface area contributed by atoms with E-state index in [1.807, 2.05) is 4.90 Å². The molecule has 2 aromatic rings. The Hall–Kier alpha value is -2.72. The van der Waals surface area contributed by atoms with E-state index in [9.17, 15) is 4.79 Å². The number of carbonyl (C=O) groups is 1. The lowest BCUT2D eigenvalue weighted by Gasteiger charge is -2.36. The molecule has 4 rings (SSSR count). The highest BCUT2D eigenvalue weighted by atomic mass is 16.5. The minimum Gasteiger partial charge on any atom is -0.381 e. The van der Waals surface area contributed by atoms with E-state index >= 15 is 0 Å². The predicted octanol–water partition coefficient (Wildman–Crippen LogP) is 2.29. The van der Waals surface area contributed by atoms with E-state index in [1.165, 1.54) is 0 Å². The summed E-state index contributed by atoms with van der Waals surface area (Å²) in [4.78, 5) is 19.3. The quantitative estimate of drug-likeness (QED) is 0.823. The first-order valence-corrected chi connectivity index (χ1v) is 8.79. The van der Waals surface area contributed by atoms with Crippen molar-refractivity contribution in [3.05, 3.63) is 47.1 Å². The Morgan fingerprint density at radius 2 is 2.04 bits per heavy atom. The number of nitriles is 1. The normalized spacial score (nSPS) is 21.7. The van der Waals surface area contributed by atoms with Crippen molar-refractivity contribution in [3.63, 3.8) is 0 Å².